The molecule has 2 rings (SSSR count). The SMILES string of the molecule is CC(c1cn(-c2ccccc2)nn1)S(=O)(=O)CCC(C)(C)O. The molecule has 2 aromatic rings. The Morgan fingerprint density at radius 2 is 1.91 bits per heavy atom. The van der Waals surface area contributed by atoms with Crippen LogP contribution in [0.2, 0.25) is 0 Å². The molecule has 0 bridgehead atoms. The molecule has 1 N–H and O–H groups in total. The molecule has 120 valence electrons. The molecule has 22 heavy (non-hydrogen) atoms. The molecular formula is C15H21N3O3S. The molecule has 1 aromatic carbocycles. The molecule has 1 heterocycles. The van der Waals surface area contributed by atoms with Crippen molar-refractivity contribution in [3.05, 3.63) is 42.2 Å². The summed E-state index contributed by atoms with van der Waals surface area (Å²) in [5.41, 5.74) is 0.218. The van der Waals surface area contributed by atoms with E-state index in [1.54, 1.807) is 31.6 Å². The third-order valence-corrected chi connectivity index (χ3v) is 5.58. The van der Waals surface area contributed by atoms with Gasteiger partial charge in [0.1, 0.15) is 10.9 Å². The van der Waals surface area contributed by atoms with Gasteiger partial charge in [0.05, 0.1) is 23.2 Å². The molecule has 0 radical (unpaired) electrons. The molecule has 0 aliphatic rings. The van der Waals surface area contributed by atoms with Crippen LogP contribution in [0.1, 0.15) is 38.1 Å². The van der Waals surface area contributed by atoms with Gasteiger partial charge in [-0.25, -0.2) is 13.1 Å². The van der Waals surface area contributed by atoms with Gasteiger partial charge in [-0.05, 0) is 39.3 Å². The summed E-state index contributed by atoms with van der Waals surface area (Å²) in [7, 11) is -3.39. The maximum absolute atomic E-state index is 12.3. The minimum atomic E-state index is -3.39. The van der Waals surface area contributed by atoms with Crippen LogP contribution < -0.4 is 0 Å². The highest BCUT2D eigenvalue weighted by Gasteiger charge is 2.27. The van der Waals surface area contributed by atoms with Gasteiger partial charge in [-0.1, -0.05) is 23.4 Å². The molecule has 0 aliphatic carbocycles. The van der Waals surface area contributed by atoms with Gasteiger partial charge >= 0.3 is 0 Å². The van der Waals surface area contributed by atoms with E-state index in [9.17, 15) is 13.5 Å². The number of hydrogen-bond donors (Lipinski definition) is 1. The van der Waals surface area contributed by atoms with E-state index >= 15 is 0 Å². The molecule has 1 unspecified atom stereocenters. The molecule has 0 saturated carbocycles. The number of aliphatic hydroxyl groups is 1. The smallest absolute Gasteiger partial charge is 0.158 e. The summed E-state index contributed by atoms with van der Waals surface area (Å²) in [4.78, 5) is 0. The number of aromatic nitrogens is 3. The van der Waals surface area contributed by atoms with Gasteiger partial charge in [-0.2, -0.15) is 0 Å². The Kier molecular flexibility index (Phi) is 4.67. The minimum Gasteiger partial charge on any atom is -0.390 e. The van der Waals surface area contributed by atoms with Crippen molar-refractivity contribution in [1.29, 1.82) is 0 Å². The third kappa shape index (κ3) is 4.14. The second-order valence-corrected chi connectivity index (χ2v) is 8.44. The van der Waals surface area contributed by atoms with Crippen molar-refractivity contribution in [2.24, 2.45) is 0 Å². The lowest BCUT2D eigenvalue weighted by molar-refractivity contribution is 0.0772. The number of hydrogen-bond acceptors (Lipinski definition) is 5. The van der Waals surface area contributed by atoms with Crippen molar-refractivity contribution >= 4 is 9.84 Å². The van der Waals surface area contributed by atoms with Crippen LogP contribution in [0.5, 0.6) is 0 Å². The second kappa shape index (κ2) is 6.18. The number of benzene rings is 1. The molecule has 6 nitrogen and oxygen atoms in total. The van der Waals surface area contributed by atoms with Gasteiger partial charge < -0.3 is 5.11 Å². The van der Waals surface area contributed by atoms with E-state index in [-0.39, 0.29) is 12.2 Å². The quantitative estimate of drug-likeness (QED) is 0.877. The molecule has 0 amide bonds. The fourth-order valence-electron chi connectivity index (χ4n) is 1.92. The molecule has 1 atom stereocenters. The second-order valence-electron chi connectivity index (χ2n) is 6.00. The highest BCUT2D eigenvalue weighted by Crippen LogP contribution is 2.23. The largest absolute Gasteiger partial charge is 0.390 e. The Labute approximate surface area is 130 Å². The first-order chi connectivity index (χ1) is 10.2. The van der Waals surface area contributed by atoms with Gasteiger partial charge in [0, 0.05) is 0 Å². The van der Waals surface area contributed by atoms with E-state index in [4.69, 9.17) is 0 Å². The summed E-state index contributed by atoms with van der Waals surface area (Å²) >= 11 is 0. The number of nitrogens with zero attached hydrogens (tertiary/aromatic N) is 3. The Balaban J connectivity index is 2.16. The zero-order valence-corrected chi connectivity index (χ0v) is 13.8. The average molecular weight is 323 g/mol. The van der Waals surface area contributed by atoms with Crippen LogP contribution in [0.15, 0.2) is 36.5 Å². The summed E-state index contributed by atoms with van der Waals surface area (Å²) in [6.45, 7) is 4.79. The monoisotopic (exact) mass is 323 g/mol. The zero-order chi connectivity index (χ0) is 16.4. The van der Waals surface area contributed by atoms with Gasteiger partial charge in [0.15, 0.2) is 9.84 Å². The minimum absolute atomic E-state index is 0.0874. The maximum Gasteiger partial charge on any atom is 0.158 e. The lowest BCUT2D eigenvalue weighted by Crippen LogP contribution is -2.25. The van der Waals surface area contributed by atoms with Crippen LogP contribution in [-0.2, 0) is 9.84 Å². The van der Waals surface area contributed by atoms with Crippen molar-refractivity contribution < 1.29 is 13.5 Å². The average Bonchev–Trinajstić information content (AvgIpc) is 2.94. The summed E-state index contributed by atoms with van der Waals surface area (Å²) in [6, 6.07) is 9.38. The van der Waals surface area contributed by atoms with Gasteiger partial charge in [-0.3, -0.25) is 0 Å². The molecular weight excluding hydrogens is 302 g/mol. The van der Waals surface area contributed by atoms with Crippen molar-refractivity contribution in [3.63, 3.8) is 0 Å². The van der Waals surface area contributed by atoms with Crippen molar-refractivity contribution in [3.8, 4) is 5.69 Å². The summed E-state index contributed by atoms with van der Waals surface area (Å²) < 4.78 is 26.2. The van der Waals surface area contributed by atoms with Crippen molar-refractivity contribution in [2.45, 2.75) is 38.0 Å². The molecule has 0 saturated heterocycles. The van der Waals surface area contributed by atoms with E-state index in [0.717, 1.165) is 5.69 Å². The van der Waals surface area contributed by atoms with Crippen LogP contribution in [0.3, 0.4) is 0 Å². The molecule has 7 heteroatoms. The van der Waals surface area contributed by atoms with Gasteiger partial charge in [0.2, 0.25) is 0 Å². The van der Waals surface area contributed by atoms with E-state index in [1.165, 1.54) is 0 Å². The van der Waals surface area contributed by atoms with Crippen LogP contribution >= 0.6 is 0 Å². The van der Waals surface area contributed by atoms with Gasteiger partial charge in [-0.15, -0.1) is 5.10 Å². The Bertz CT molecular complexity index is 718. The van der Waals surface area contributed by atoms with Gasteiger partial charge in [0.25, 0.3) is 0 Å². The first kappa shape index (κ1) is 16.6. The highest BCUT2D eigenvalue weighted by molar-refractivity contribution is 7.91. The fraction of sp³-hybridized carbons (Fsp3) is 0.467. The predicted octanol–water partition coefficient (Wildman–Crippen LogP) is 1.90. The number of rotatable bonds is 6. The number of sulfone groups is 1. The van der Waals surface area contributed by atoms with E-state index in [0.29, 0.717) is 5.69 Å². The van der Waals surface area contributed by atoms with E-state index in [1.807, 2.05) is 30.3 Å². The number of para-hydroxylation sites is 1. The maximum atomic E-state index is 12.3. The van der Waals surface area contributed by atoms with Crippen molar-refractivity contribution in [2.75, 3.05) is 5.75 Å². The summed E-state index contributed by atoms with van der Waals surface area (Å²) in [5, 5.41) is 16.9. The van der Waals surface area contributed by atoms with Crippen LogP contribution in [0.25, 0.3) is 5.69 Å². The topological polar surface area (TPSA) is 85.1 Å². The van der Waals surface area contributed by atoms with Crippen molar-refractivity contribution in [1.82, 2.24) is 15.0 Å². The van der Waals surface area contributed by atoms with Crippen LogP contribution in [-0.4, -0.2) is 39.9 Å². The molecule has 0 spiro atoms. The van der Waals surface area contributed by atoms with Crippen LogP contribution in [0.4, 0.5) is 0 Å². The first-order valence-corrected chi connectivity index (χ1v) is 8.82. The van der Waals surface area contributed by atoms with E-state index in [2.05, 4.69) is 10.3 Å². The molecule has 0 aliphatic heterocycles. The Morgan fingerprint density at radius 3 is 2.50 bits per heavy atom. The zero-order valence-electron chi connectivity index (χ0n) is 13.0. The van der Waals surface area contributed by atoms with E-state index < -0.39 is 20.7 Å². The normalized spacial score (nSPS) is 14.0. The lowest BCUT2D eigenvalue weighted by Gasteiger charge is -2.18. The first-order valence-electron chi connectivity index (χ1n) is 7.11. The highest BCUT2D eigenvalue weighted by atomic mass is 32.2. The molecule has 1 aromatic heterocycles. The predicted molar refractivity (Wildman–Crippen MR) is 84.5 cm³/mol. The fourth-order valence-corrected chi connectivity index (χ4v) is 3.54. The lowest BCUT2D eigenvalue weighted by atomic mass is 10.1. The molecule has 0 fully saturated rings. The Morgan fingerprint density at radius 1 is 1.27 bits per heavy atom. The van der Waals surface area contributed by atoms with Crippen LogP contribution in [0, 0.1) is 0 Å². The Hall–Kier alpha value is -1.73. The standard InChI is InChI=1S/C15H21N3O3S/c1-12(22(20,21)10-9-15(2,3)19)14-11-18(17-16-14)13-7-5-4-6-8-13/h4-8,11-12,19H,9-10H2,1-3H3. The summed E-state index contributed by atoms with van der Waals surface area (Å²) in [5.74, 6) is -0.0874. The third-order valence-electron chi connectivity index (χ3n) is 3.49. The summed E-state index contributed by atoms with van der Waals surface area (Å²) in [6.07, 6.45) is 1.81.